The third kappa shape index (κ3) is 5.89. The standard InChI is InChI=1S/C15H18O4.2Na/c1-9(2)12(15(18)19-4)13(14(16)17)11-8-6-5-7-10(11)3;;/h5-9H,1-4H3,(H,16,17);;/b13-12-;;. The Morgan fingerprint density at radius 1 is 1.14 bits per heavy atom. The molecule has 0 atom stereocenters. The number of carbonyl (C=O) groups excluding carboxylic acids is 1. The van der Waals surface area contributed by atoms with Gasteiger partial charge in [-0.15, -0.1) is 0 Å². The molecule has 1 N–H and O–H groups in total. The molecule has 0 fully saturated rings. The number of hydrogen-bond acceptors (Lipinski definition) is 3. The van der Waals surface area contributed by atoms with Crippen LogP contribution in [-0.2, 0) is 14.3 Å². The van der Waals surface area contributed by atoms with E-state index < -0.39 is 11.9 Å². The third-order valence-electron chi connectivity index (χ3n) is 2.88. The Kier molecular flexibility index (Phi) is 11.7. The second-order valence-electron chi connectivity index (χ2n) is 4.56. The number of benzene rings is 1. The molecule has 0 spiro atoms. The van der Waals surface area contributed by atoms with Crippen molar-refractivity contribution < 1.29 is 19.4 Å². The first-order valence-corrected chi connectivity index (χ1v) is 6.01. The molecule has 0 unspecified atom stereocenters. The zero-order chi connectivity index (χ0) is 14.6. The Labute approximate surface area is 169 Å². The van der Waals surface area contributed by atoms with Gasteiger partial charge in [0.1, 0.15) is 0 Å². The molecule has 0 aromatic heterocycles. The first kappa shape index (κ1) is 23.2. The van der Waals surface area contributed by atoms with Gasteiger partial charge in [0.25, 0.3) is 0 Å². The summed E-state index contributed by atoms with van der Waals surface area (Å²) in [5, 5.41) is 9.45. The quantitative estimate of drug-likeness (QED) is 0.524. The Bertz CT molecular complexity index is 536. The number of aryl methyl sites for hydroxylation is 1. The van der Waals surface area contributed by atoms with Crippen molar-refractivity contribution in [3.8, 4) is 0 Å². The molecule has 4 nitrogen and oxygen atoms in total. The van der Waals surface area contributed by atoms with E-state index in [1.54, 1.807) is 26.0 Å². The second kappa shape index (κ2) is 10.6. The van der Waals surface area contributed by atoms with Crippen LogP contribution < -0.4 is 0 Å². The summed E-state index contributed by atoms with van der Waals surface area (Å²) >= 11 is 0. The van der Waals surface area contributed by atoms with E-state index in [0.29, 0.717) is 5.56 Å². The summed E-state index contributed by atoms with van der Waals surface area (Å²) in [6, 6.07) is 7.09. The van der Waals surface area contributed by atoms with Crippen LogP contribution in [0.1, 0.15) is 25.0 Å². The number of rotatable bonds is 4. The molecule has 0 bridgehead atoms. The summed E-state index contributed by atoms with van der Waals surface area (Å²) in [4.78, 5) is 23.4. The van der Waals surface area contributed by atoms with Gasteiger partial charge in [-0.1, -0.05) is 38.1 Å². The summed E-state index contributed by atoms with van der Waals surface area (Å²) in [5.41, 5.74) is 1.55. The molecule has 0 aliphatic heterocycles. The zero-order valence-corrected chi connectivity index (χ0v) is 17.6. The Hall–Kier alpha value is -0.1000. The average molecular weight is 308 g/mol. The first-order valence-electron chi connectivity index (χ1n) is 6.01. The van der Waals surface area contributed by atoms with E-state index in [2.05, 4.69) is 0 Å². The molecule has 6 heteroatoms. The summed E-state index contributed by atoms with van der Waals surface area (Å²) in [6.07, 6.45) is 0. The van der Waals surface area contributed by atoms with E-state index in [1.165, 1.54) is 7.11 Å². The van der Waals surface area contributed by atoms with E-state index in [1.807, 2.05) is 19.1 Å². The normalized spacial score (nSPS) is 10.9. The van der Waals surface area contributed by atoms with Crippen molar-refractivity contribution in [1.82, 2.24) is 0 Å². The molecule has 0 aliphatic rings. The molecular formula is C15H18Na2O4. The fraction of sp³-hybridized carbons (Fsp3) is 0.333. The van der Waals surface area contributed by atoms with E-state index in [4.69, 9.17) is 4.74 Å². The van der Waals surface area contributed by atoms with Crippen molar-refractivity contribution in [3.05, 3.63) is 41.0 Å². The van der Waals surface area contributed by atoms with Gasteiger partial charge in [-0.3, -0.25) is 0 Å². The molecule has 0 saturated carbocycles. The number of carbonyl (C=O) groups is 2. The van der Waals surface area contributed by atoms with E-state index in [0.717, 1.165) is 5.56 Å². The largest absolute Gasteiger partial charge is 0.478 e. The molecule has 0 amide bonds. The first-order chi connectivity index (χ1) is 8.90. The van der Waals surface area contributed by atoms with E-state index in [9.17, 15) is 14.7 Å². The van der Waals surface area contributed by atoms with Gasteiger partial charge in [0.05, 0.1) is 18.3 Å². The monoisotopic (exact) mass is 308 g/mol. The van der Waals surface area contributed by atoms with Crippen LogP contribution in [0.5, 0.6) is 0 Å². The number of aliphatic carboxylic acids is 1. The van der Waals surface area contributed by atoms with Gasteiger partial charge in [-0.25, -0.2) is 9.59 Å². The molecule has 2 radical (unpaired) electrons. The van der Waals surface area contributed by atoms with Crippen molar-refractivity contribution in [2.24, 2.45) is 5.92 Å². The molecule has 1 aromatic rings. The summed E-state index contributed by atoms with van der Waals surface area (Å²) in [5.74, 6) is -1.96. The number of carboxylic acid groups (broad SMARTS) is 1. The summed E-state index contributed by atoms with van der Waals surface area (Å²) in [7, 11) is 1.25. The van der Waals surface area contributed by atoms with Gasteiger partial charge >= 0.3 is 11.9 Å². The molecule has 1 rings (SSSR count). The number of hydrogen-bond donors (Lipinski definition) is 1. The van der Waals surface area contributed by atoms with Crippen molar-refractivity contribution >= 4 is 76.6 Å². The summed E-state index contributed by atoms with van der Waals surface area (Å²) in [6.45, 7) is 5.36. The SMILES string of the molecule is COC(=O)/C(=C(\C(=O)O)c1ccccc1C)C(C)C.[Na].[Na]. The second-order valence-corrected chi connectivity index (χ2v) is 4.56. The zero-order valence-electron chi connectivity index (χ0n) is 13.6. The molecule has 21 heavy (non-hydrogen) atoms. The topological polar surface area (TPSA) is 63.6 Å². The number of methoxy groups -OCH3 is 1. The van der Waals surface area contributed by atoms with Crippen molar-refractivity contribution in [2.45, 2.75) is 20.8 Å². The van der Waals surface area contributed by atoms with Crippen molar-refractivity contribution in [3.63, 3.8) is 0 Å². The fourth-order valence-corrected chi connectivity index (χ4v) is 1.97. The maximum atomic E-state index is 11.8. The fourth-order valence-electron chi connectivity index (χ4n) is 1.97. The molecule has 104 valence electrons. The van der Waals surface area contributed by atoms with Crippen LogP contribution in [0, 0.1) is 12.8 Å². The molecular weight excluding hydrogens is 290 g/mol. The minimum atomic E-state index is -1.12. The van der Waals surface area contributed by atoms with Crippen molar-refractivity contribution in [1.29, 1.82) is 0 Å². The van der Waals surface area contributed by atoms with Gasteiger partial charge in [-0.05, 0) is 24.0 Å². The van der Waals surface area contributed by atoms with Crippen LogP contribution in [0.25, 0.3) is 5.57 Å². The smallest absolute Gasteiger partial charge is 0.336 e. The van der Waals surface area contributed by atoms with Gasteiger partial charge < -0.3 is 9.84 Å². The van der Waals surface area contributed by atoms with Crippen LogP contribution in [-0.4, -0.2) is 83.3 Å². The predicted octanol–water partition coefficient (Wildman–Crippen LogP) is 1.90. The predicted molar refractivity (Wildman–Crippen MR) is 84.1 cm³/mol. The molecule has 0 saturated heterocycles. The Balaban J connectivity index is 0. The molecule has 0 aliphatic carbocycles. The maximum Gasteiger partial charge on any atom is 0.336 e. The van der Waals surface area contributed by atoms with E-state index in [-0.39, 0.29) is 76.2 Å². The number of ether oxygens (including phenoxy) is 1. The minimum Gasteiger partial charge on any atom is -0.478 e. The number of esters is 1. The average Bonchev–Trinajstić information content (AvgIpc) is 2.35. The van der Waals surface area contributed by atoms with Crippen LogP contribution >= 0.6 is 0 Å². The van der Waals surface area contributed by atoms with Gasteiger partial charge in [-0.2, -0.15) is 0 Å². The molecule has 1 aromatic carbocycles. The number of carboxylic acids is 1. The van der Waals surface area contributed by atoms with Gasteiger partial charge in [0.2, 0.25) is 0 Å². The third-order valence-corrected chi connectivity index (χ3v) is 2.88. The van der Waals surface area contributed by atoms with Gasteiger partial charge in [0, 0.05) is 59.1 Å². The Morgan fingerprint density at radius 3 is 2.05 bits per heavy atom. The van der Waals surface area contributed by atoms with Crippen LogP contribution in [0.2, 0.25) is 0 Å². The minimum absolute atomic E-state index is 0. The summed E-state index contributed by atoms with van der Waals surface area (Å²) < 4.78 is 4.71. The Morgan fingerprint density at radius 2 is 1.67 bits per heavy atom. The molecule has 0 heterocycles. The van der Waals surface area contributed by atoms with Crippen LogP contribution in [0.4, 0.5) is 0 Å². The van der Waals surface area contributed by atoms with E-state index >= 15 is 0 Å². The van der Waals surface area contributed by atoms with Crippen molar-refractivity contribution in [2.75, 3.05) is 7.11 Å². The van der Waals surface area contributed by atoms with Crippen LogP contribution in [0.3, 0.4) is 0 Å². The maximum absolute atomic E-state index is 11.8. The van der Waals surface area contributed by atoms with Crippen LogP contribution in [0.15, 0.2) is 29.8 Å². The van der Waals surface area contributed by atoms with Gasteiger partial charge in [0.15, 0.2) is 0 Å².